The van der Waals surface area contributed by atoms with Gasteiger partial charge in [-0.1, -0.05) is 11.6 Å². The first-order valence-electron chi connectivity index (χ1n) is 5.23. The van der Waals surface area contributed by atoms with Crippen molar-refractivity contribution in [3.8, 4) is 5.75 Å². The second-order valence-electron chi connectivity index (χ2n) is 4.52. The van der Waals surface area contributed by atoms with Gasteiger partial charge in [0.1, 0.15) is 5.75 Å². The number of phenolic OH excluding ortho intramolecular Hbond substituents is 1. The molecule has 3 N–H and O–H groups in total. The highest BCUT2D eigenvalue weighted by molar-refractivity contribution is 9.10. The Labute approximate surface area is 119 Å². The Hall–Kier alpha value is -0.780. The maximum atomic E-state index is 11.7. The molecule has 18 heavy (non-hydrogen) atoms. The average Bonchev–Trinajstić information content (AvgIpc) is 2.31. The molecule has 1 aromatic carbocycles. The number of rotatable bonds is 3. The van der Waals surface area contributed by atoms with Crippen molar-refractivity contribution in [3.63, 3.8) is 0 Å². The molecule has 100 valence electrons. The van der Waals surface area contributed by atoms with Crippen molar-refractivity contribution in [3.05, 3.63) is 27.2 Å². The second-order valence-corrected chi connectivity index (χ2v) is 5.81. The van der Waals surface area contributed by atoms with Crippen molar-refractivity contribution in [1.82, 2.24) is 0 Å². The van der Waals surface area contributed by atoms with Crippen molar-refractivity contribution < 1.29 is 14.6 Å². The van der Waals surface area contributed by atoms with Crippen molar-refractivity contribution in [2.24, 2.45) is 11.1 Å². The second kappa shape index (κ2) is 5.47. The molecule has 0 aliphatic carbocycles. The van der Waals surface area contributed by atoms with Crippen molar-refractivity contribution >= 4 is 33.5 Å². The van der Waals surface area contributed by atoms with E-state index in [1.807, 2.05) is 0 Å². The fraction of sp³-hybridized carbons (Fsp3) is 0.417. The zero-order valence-corrected chi connectivity index (χ0v) is 12.7. The predicted octanol–water partition coefficient (Wildman–Crippen LogP) is 3.01. The summed E-state index contributed by atoms with van der Waals surface area (Å²) >= 11 is 9.10. The number of aromatic hydroxyl groups is 1. The summed E-state index contributed by atoms with van der Waals surface area (Å²) in [6, 6.07) is 2.36. The van der Waals surface area contributed by atoms with Gasteiger partial charge in [-0.2, -0.15) is 0 Å². The summed E-state index contributed by atoms with van der Waals surface area (Å²) in [5.74, 6) is -0.477. The number of methoxy groups -OCH3 is 1. The van der Waals surface area contributed by atoms with Crippen LogP contribution >= 0.6 is 27.5 Å². The number of phenols is 1. The van der Waals surface area contributed by atoms with E-state index >= 15 is 0 Å². The molecule has 1 aromatic rings. The topological polar surface area (TPSA) is 72.5 Å². The van der Waals surface area contributed by atoms with Crippen LogP contribution in [0.25, 0.3) is 0 Å². The van der Waals surface area contributed by atoms with Crippen LogP contribution < -0.4 is 5.73 Å². The van der Waals surface area contributed by atoms with Gasteiger partial charge in [-0.05, 0) is 41.9 Å². The van der Waals surface area contributed by atoms with Crippen LogP contribution in [0.2, 0.25) is 5.02 Å². The smallest absolute Gasteiger partial charge is 0.313 e. The molecule has 0 unspecified atom stereocenters. The highest BCUT2D eigenvalue weighted by Gasteiger charge is 2.38. The molecule has 0 aliphatic heterocycles. The Kier molecular flexibility index (Phi) is 4.64. The minimum absolute atomic E-state index is 0.0242. The number of esters is 1. The highest BCUT2D eigenvalue weighted by Crippen LogP contribution is 2.41. The molecule has 1 atom stereocenters. The molecule has 6 heteroatoms. The standard InChI is InChI=1S/C12H15BrClNO3/c1-12(2,11(17)18-3)10(15)7-4-6(14)5-8(13)9(7)16/h4-5,10,16H,15H2,1-3H3/t10-/m1/s1. The maximum absolute atomic E-state index is 11.7. The Balaban J connectivity index is 3.26. The first kappa shape index (κ1) is 15.3. The van der Waals surface area contributed by atoms with E-state index in [1.165, 1.54) is 13.2 Å². The Morgan fingerprint density at radius 3 is 2.61 bits per heavy atom. The monoisotopic (exact) mass is 335 g/mol. The summed E-state index contributed by atoms with van der Waals surface area (Å²) in [5.41, 5.74) is 5.47. The van der Waals surface area contributed by atoms with Crippen LogP contribution in [0.15, 0.2) is 16.6 Å². The van der Waals surface area contributed by atoms with E-state index in [1.54, 1.807) is 19.9 Å². The summed E-state index contributed by atoms with van der Waals surface area (Å²) in [7, 11) is 1.30. The van der Waals surface area contributed by atoms with Crippen LogP contribution in [0.1, 0.15) is 25.5 Å². The third kappa shape index (κ3) is 2.79. The first-order chi connectivity index (χ1) is 8.21. The highest BCUT2D eigenvalue weighted by atomic mass is 79.9. The molecule has 0 spiro atoms. The molecule has 0 radical (unpaired) electrons. The van der Waals surface area contributed by atoms with Crippen LogP contribution in [0.3, 0.4) is 0 Å². The predicted molar refractivity (Wildman–Crippen MR) is 73.5 cm³/mol. The fourth-order valence-corrected chi connectivity index (χ4v) is 2.44. The van der Waals surface area contributed by atoms with Gasteiger partial charge in [0.2, 0.25) is 0 Å². The Bertz CT molecular complexity index is 477. The van der Waals surface area contributed by atoms with E-state index in [-0.39, 0.29) is 5.75 Å². The number of carbonyl (C=O) groups excluding carboxylic acids is 1. The van der Waals surface area contributed by atoms with Gasteiger partial charge < -0.3 is 15.6 Å². The third-order valence-electron chi connectivity index (χ3n) is 2.88. The summed E-state index contributed by atoms with van der Waals surface area (Å²) in [5, 5.41) is 10.4. The molecule has 1 rings (SSSR count). The minimum atomic E-state index is -0.976. The molecule has 0 saturated heterocycles. The van der Waals surface area contributed by atoms with Gasteiger partial charge in [0, 0.05) is 16.6 Å². The molecule has 0 aromatic heterocycles. The van der Waals surface area contributed by atoms with Gasteiger partial charge in [0.15, 0.2) is 0 Å². The van der Waals surface area contributed by atoms with E-state index < -0.39 is 17.4 Å². The number of hydrogen-bond acceptors (Lipinski definition) is 4. The molecule has 0 saturated carbocycles. The van der Waals surface area contributed by atoms with E-state index in [4.69, 9.17) is 22.1 Å². The average molecular weight is 337 g/mol. The summed E-state index contributed by atoms with van der Waals surface area (Å²) in [6.45, 7) is 3.30. The number of ether oxygens (including phenoxy) is 1. The largest absolute Gasteiger partial charge is 0.506 e. The van der Waals surface area contributed by atoms with Gasteiger partial charge in [-0.3, -0.25) is 4.79 Å². The van der Waals surface area contributed by atoms with Crippen LogP contribution in [-0.4, -0.2) is 18.2 Å². The Morgan fingerprint density at radius 2 is 2.11 bits per heavy atom. The summed E-state index contributed by atoms with van der Waals surface area (Å²) in [6.07, 6.45) is 0. The van der Waals surface area contributed by atoms with E-state index in [9.17, 15) is 9.90 Å². The van der Waals surface area contributed by atoms with Gasteiger partial charge in [-0.25, -0.2) is 0 Å². The number of halogens is 2. The molecular weight excluding hydrogens is 321 g/mol. The van der Waals surface area contributed by atoms with Crippen LogP contribution in [0.5, 0.6) is 5.75 Å². The molecular formula is C12H15BrClNO3. The van der Waals surface area contributed by atoms with Gasteiger partial charge >= 0.3 is 5.97 Å². The molecule has 0 aliphatic rings. The van der Waals surface area contributed by atoms with E-state index in [2.05, 4.69) is 15.9 Å². The zero-order chi connectivity index (χ0) is 14.1. The molecule has 0 heterocycles. The number of hydrogen-bond donors (Lipinski definition) is 2. The minimum Gasteiger partial charge on any atom is -0.506 e. The Morgan fingerprint density at radius 1 is 1.56 bits per heavy atom. The summed E-state index contributed by atoms with van der Waals surface area (Å²) in [4.78, 5) is 11.7. The lowest BCUT2D eigenvalue weighted by Crippen LogP contribution is -2.37. The normalized spacial score (nSPS) is 13.2. The lowest BCUT2D eigenvalue weighted by Gasteiger charge is -2.29. The first-order valence-corrected chi connectivity index (χ1v) is 6.40. The fourth-order valence-electron chi connectivity index (χ4n) is 1.60. The van der Waals surface area contributed by atoms with Crippen molar-refractivity contribution in [2.75, 3.05) is 7.11 Å². The third-order valence-corrected chi connectivity index (χ3v) is 3.70. The lowest BCUT2D eigenvalue weighted by molar-refractivity contribution is -0.152. The number of nitrogens with two attached hydrogens (primary N) is 1. The van der Waals surface area contributed by atoms with Gasteiger partial charge in [0.25, 0.3) is 0 Å². The SMILES string of the molecule is COC(=O)C(C)(C)[C@H](N)c1cc(Cl)cc(Br)c1O. The molecule has 0 amide bonds. The zero-order valence-electron chi connectivity index (χ0n) is 10.3. The summed E-state index contributed by atoms with van der Waals surface area (Å²) < 4.78 is 5.14. The molecule has 4 nitrogen and oxygen atoms in total. The van der Waals surface area contributed by atoms with Crippen molar-refractivity contribution in [1.29, 1.82) is 0 Å². The number of carbonyl (C=O) groups is 1. The van der Waals surface area contributed by atoms with Crippen molar-refractivity contribution in [2.45, 2.75) is 19.9 Å². The van der Waals surface area contributed by atoms with E-state index in [0.29, 0.717) is 15.1 Å². The van der Waals surface area contributed by atoms with Gasteiger partial charge in [0.05, 0.1) is 17.0 Å². The van der Waals surface area contributed by atoms with E-state index in [0.717, 1.165) is 0 Å². The van der Waals surface area contributed by atoms with Gasteiger partial charge in [-0.15, -0.1) is 0 Å². The van der Waals surface area contributed by atoms with Crippen LogP contribution in [-0.2, 0) is 9.53 Å². The van der Waals surface area contributed by atoms with Crippen LogP contribution in [0, 0.1) is 5.41 Å². The lowest BCUT2D eigenvalue weighted by atomic mass is 9.81. The molecule has 0 bridgehead atoms. The molecule has 0 fully saturated rings. The quantitative estimate of drug-likeness (QED) is 0.832. The van der Waals surface area contributed by atoms with Crippen LogP contribution in [0.4, 0.5) is 0 Å². The number of benzene rings is 1. The maximum Gasteiger partial charge on any atom is 0.313 e.